The van der Waals surface area contributed by atoms with Crippen molar-refractivity contribution in [2.75, 3.05) is 17.8 Å². The number of alkyl halides is 1. The van der Waals surface area contributed by atoms with Crippen molar-refractivity contribution in [2.24, 2.45) is 0 Å². The van der Waals surface area contributed by atoms with Crippen LogP contribution in [0.1, 0.15) is 18.5 Å². The number of rotatable bonds is 6. The third kappa shape index (κ3) is 3.83. The minimum Gasteiger partial charge on any atom is -0.477 e. The lowest BCUT2D eigenvalue weighted by Gasteiger charge is -2.17. The summed E-state index contributed by atoms with van der Waals surface area (Å²) >= 11 is 6.01. The van der Waals surface area contributed by atoms with Gasteiger partial charge >= 0.3 is 0 Å². The Morgan fingerprint density at radius 1 is 1.26 bits per heavy atom. The Morgan fingerprint density at radius 3 is 2.74 bits per heavy atom. The molecular weight excluding hydrogens is 262 g/mol. The van der Waals surface area contributed by atoms with Gasteiger partial charge in [0.15, 0.2) is 0 Å². The first-order valence-electron chi connectivity index (χ1n) is 6.15. The number of aromatic nitrogens is 2. The van der Waals surface area contributed by atoms with Crippen molar-refractivity contribution in [3.8, 4) is 5.88 Å². The number of hydrogen-bond donors (Lipinski definition) is 1. The van der Waals surface area contributed by atoms with E-state index in [1.165, 1.54) is 0 Å². The van der Waals surface area contributed by atoms with E-state index in [9.17, 15) is 0 Å². The number of hydrogen-bond acceptors (Lipinski definition) is 4. The third-order valence-corrected chi connectivity index (χ3v) is 2.89. The zero-order valence-electron chi connectivity index (χ0n) is 10.7. The molecule has 19 heavy (non-hydrogen) atoms. The Labute approximate surface area is 117 Å². The molecule has 0 bridgehead atoms. The quantitative estimate of drug-likeness (QED) is 0.823. The molecule has 2 rings (SSSR count). The standard InChI is InChI=1S/C14H16ClN3O/c1-2-19-14-10-16-9-13(18-14)17-12(8-15)11-6-4-3-5-7-11/h3-7,9-10,12H,2,8H2,1H3,(H,17,18). The van der Waals surface area contributed by atoms with Crippen LogP contribution >= 0.6 is 11.6 Å². The molecule has 0 saturated carbocycles. The Hall–Kier alpha value is -1.81. The number of nitrogens with zero attached hydrogens (tertiary/aromatic N) is 2. The topological polar surface area (TPSA) is 47.0 Å². The predicted molar refractivity (Wildman–Crippen MR) is 76.7 cm³/mol. The highest BCUT2D eigenvalue weighted by Gasteiger charge is 2.10. The first-order chi connectivity index (χ1) is 9.33. The van der Waals surface area contributed by atoms with E-state index in [-0.39, 0.29) is 6.04 Å². The first-order valence-corrected chi connectivity index (χ1v) is 6.69. The van der Waals surface area contributed by atoms with Gasteiger partial charge in [-0.05, 0) is 12.5 Å². The Bertz CT molecular complexity index is 507. The van der Waals surface area contributed by atoms with Crippen LogP contribution in [0.5, 0.6) is 5.88 Å². The van der Waals surface area contributed by atoms with E-state index < -0.39 is 0 Å². The van der Waals surface area contributed by atoms with Crippen LogP contribution in [-0.4, -0.2) is 22.5 Å². The van der Waals surface area contributed by atoms with E-state index in [1.807, 2.05) is 37.3 Å². The van der Waals surface area contributed by atoms with E-state index in [0.717, 1.165) is 5.56 Å². The van der Waals surface area contributed by atoms with Gasteiger partial charge in [0.1, 0.15) is 5.82 Å². The monoisotopic (exact) mass is 277 g/mol. The highest BCUT2D eigenvalue weighted by atomic mass is 35.5. The Morgan fingerprint density at radius 2 is 2.05 bits per heavy atom. The zero-order chi connectivity index (χ0) is 13.5. The molecule has 0 aliphatic carbocycles. The summed E-state index contributed by atoms with van der Waals surface area (Å²) in [5, 5.41) is 3.26. The molecule has 2 aromatic rings. The van der Waals surface area contributed by atoms with Gasteiger partial charge < -0.3 is 10.1 Å². The molecule has 1 heterocycles. The summed E-state index contributed by atoms with van der Waals surface area (Å²) in [7, 11) is 0. The van der Waals surface area contributed by atoms with E-state index >= 15 is 0 Å². The molecule has 1 aromatic heterocycles. The molecule has 1 atom stereocenters. The second kappa shape index (κ2) is 6.95. The molecule has 0 aliphatic heterocycles. The molecule has 0 radical (unpaired) electrons. The SMILES string of the molecule is CCOc1cncc(NC(CCl)c2ccccc2)n1. The van der Waals surface area contributed by atoms with Crippen molar-refractivity contribution in [1.82, 2.24) is 9.97 Å². The highest BCUT2D eigenvalue weighted by Crippen LogP contribution is 2.20. The van der Waals surface area contributed by atoms with Crippen LogP contribution in [0.4, 0.5) is 5.82 Å². The molecule has 1 unspecified atom stereocenters. The number of nitrogens with one attached hydrogen (secondary N) is 1. The predicted octanol–water partition coefficient (Wildman–Crippen LogP) is 3.27. The summed E-state index contributed by atoms with van der Waals surface area (Å²) in [6.45, 7) is 2.48. The van der Waals surface area contributed by atoms with Crippen LogP contribution in [0.25, 0.3) is 0 Å². The van der Waals surface area contributed by atoms with Gasteiger partial charge in [-0.15, -0.1) is 11.6 Å². The Kier molecular flexibility index (Phi) is 4.98. The van der Waals surface area contributed by atoms with Crippen LogP contribution in [0.15, 0.2) is 42.7 Å². The van der Waals surface area contributed by atoms with Gasteiger partial charge in [-0.2, -0.15) is 4.98 Å². The number of halogens is 1. The van der Waals surface area contributed by atoms with Crippen molar-refractivity contribution in [3.63, 3.8) is 0 Å². The molecular formula is C14H16ClN3O. The van der Waals surface area contributed by atoms with Gasteiger partial charge in [-0.3, -0.25) is 4.98 Å². The van der Waals surface area contributed by atoms with Crippen LogP contribution in [0.3, 0.4) is 0 Å². The van der Waals surface area contributed by atoms with E-state index in [0.29, 0.717) is 24.2 Å². The number of anilines is 1. The summed E-state index contributed by atoms with van der Waals surface area (Å²) in [6.07, 6.45) is 3.25. The van der Waals surface area contributed by atoms with E-state index in [1.54, 1.807) is 12.4 Å². The van der Waals surface area contributed by atoms with Crippen molar-refractivity contribution in [1.29, 1.82) is 0 Å². The largest absolute Gasteiger partial charge is 0.477 e. The second-order valence-electron chi connectivity index (χ2n) is 3.94. The summed E-state index contributed by atoms with van der Waals surface area (Å²) < 4.78 is 5.32. The molecule has 0 spiro atoms. The zero-order valence-corrected chi connectivity index (χ0v) is 11.5. The van der Waals surface area contributed by atoms with Gasteiger partial charge in [-0.1, -0.05) is 30.3 Å². The van der Waals surface area contributed by atoms with Gasteiger partial charge in [0.2, 0.25) is 5.88 Å². The maximum Gasteiger partial charge on any atom is 0.234 e. The molecule has 1 aromatic carbocycles. The smallest absolute Gasteiger partial charge is 0.234 e. The minimum atomic E-state index is -0.00552. The molecule has 0 amide bonds. The summed E-state index contributed by atoms with van der Waals surface area (Å²) in [6, 6.07) is 10.00. The van der Waals surface area contributed by atoms with E-state index in [2.05, 4.69) is 15.3 Å². The van der Waals surface area contributed by atoms with Crippen LogP contribution in [0, 0.1) is 0 Å². The summed E-state index contributed by atoms with van der Waals surface area (Å²) in [5.41, 5.74) is 1.11. The van der Waals surface area contributed by atoms with E-state index in [4.69, 9.17) is 16.3 Å². The molecule has 1 N–H and O–H groups in total. The highest BCUT2D eigenvalue weighted by molar-refractivity contribution is 6.18. The fourth-order valence-corrected chi connectivity index (χ4v) is 1.97. The van der Waals surface area contributed by atoms with Crippen molar-refractivity contribution in [2.45, 2.75) is 13.0 Å². The van der Waals surface area contributed by atoms with Gasteiger partial charge in [0, 0.05) is 5.88 Å². The molecule has 0 aliphatic rings. The van der Waals surface area contributed by atoms with Gasteiger partial charge in [0.25, 0.3) is 0 Å². The summed E-state index contributed by atoms with van der Waals surface area (Å²) in [4.78, 5) is 8.41. The minimum absolute atomic E-state index is 0.00552. The fourth-order valence-electron chi connectivity index (χ4n) is 1.71. The molecule has 0 saturated heterocycles. The average molecular weight is 278 g/mol. The van der Waals surface area contributed by atoms with Crippen LogP contribution < -0.4 is 10.1 Å². The molecule has 4 nitrogen and oxygen atoms in total. The number of ether oxygens (including phenoxy) is 1. The molecule has 5 heteroatoms. The lowest BCUT2D eigenvalue weighted by atomic mass is 10.1. The maximum absolute atomic E-state index is 6.01. The fraction of sp³-hybridized carbons (Fsp3) is 0.286. The first kappa shape index (κ1) is 13.6. The summed E-state index contributed by atoms with van der Waals surface area (Å²) in [5.74, 6) is 1.61. The lowest BCUT2D eigenvalue weighted by molar-refractivity contribution is 0.325. The Balaban J connectivity index is 2.12. The van der Waals surface area contributed by atoms with Crippen molar-refractivity contribution >= 4 is 17.4 Å². The van der Waals surface area contributed by atoms with Crippen molar-refractivity contribution in [3.05, 3.63) is 48.3 Å². The second-order valence-corrected chi connectivity index (χ2v) is 4.25. The molecule has 100 valence electrons. The third-order valence-electron chi connectivity index (χ3n) is 2.58. The lowest BCUT2D eigenvalue weighted by Crippen LogP contribution is -2.13. The normalized spacial score (nSPS) is 11.9. The van der Waals surface area contributed by atoms with Crippen LogP contribution in [-0.2, 0) is 0 Å². The maximum atomic E-state index is 6.01. The van der Waals surface area contributed by atoms with Gasteiger partial charge in [-0.25, -0.2) is 0 Å². The van der Waals surface area contributed by atoms with Crippen LogP contribution in [0.2, 0.25) is 0 Å². The average Bonchev–Trinajstić information content (AvgIpc) is 2.46. The van der Waals surface area contributed by atoms with Gasteiger partial charge in [0.05, 0.1) is 25.0 Å². The van der Waals surface area contributed by atoms with Crippen molar-refractivity contribution < 1.29 is 4.74 Å². The number of benzene rings is 1. The molecule has 0 fully saturated rings.